The van der Waals surface area contributed by atoms with Gasteiger partial charge in [-0.2, -0.15) is 4.80 Å². The van der Waals surface area contributed by atoms with E-state index in [9.17, 15) is 4.79 Å². The molecule has 0 saturated heterocycles. The van der Waals surface area contributed by atoms with Gasteiger partial charge in [0.05, 0.1) is 16.8 Å². The molecule has 7 nitrogen and oxygen atoms in total. The molecule has 1 amide bonds. The molecule has 4 aromatic rings. The van der Waals surface area contributed by atoms with Crippen LogP contribution in [0.3, 0.4) is 0 Å². The zero-order valence-corrected chi connectivity index (χ0v) is 17.2. The lowest BCUT2D eigenvalue weighted by molar-refractivity contribution is -0.120. The Morgan fingerprint density at radius 3 is 2.58 bits per heavy atom. The number of hydrogen-bond acceptors (Lipinski definition) is 5. The minimum Gasteiger partial charge on any atom is -0.489 e. The quantitative estimate of drug-likeness (QED) is 0.485. The fourth-order valence-corrected chi connectivity index (χ4v) is 3.90. The highest BCUT2D eigenvalue weighted by Gasteiger charge is 2.33. The lowest BCUT2D eigenvalue weighted by Gasteiger charge is -2.37. The zero-order valence-electron chi connectivity index (χ0n) is 16.4. The molecule has 0 bridgehead atoms. The molecule has 1 atom stereocenters. The van der Waals surface area contributed by atoms with Crippen molar-refractivity contribution >= 4 is 23.2 Å². The predicted octanol–water partition coefficient (Wildman–Crippen LogP) is 4.16. The SMILES string of the molecule is O=C(Cn1nnc(-c2ccccc2Cl)n1)N1c2ccccc2OC[C@@H]1c1ccccc1. The van der Waals surface area contributed by atoms with Gasteiger partial charge in [-0.1, -0.05) is 66.2 Å². The highest BCUT2D eigenvalue weighted by molar-refractivity contribution is 6.33. The van der Waals surface area contributed by atoms with E-state index >= 15 is 0 Å². The molecule has 154 valence electrons. The molecule has 1 aromatic heterocycles. The van der Waals surface area contributed by atoms with Gasteiger partial charge in [0, 0.05) is 5.56 Å². The van der Waals surface area contributed by atoms with Crippen LogP contribution in [0.2, 0.25) is 5.02 Å². The van der Waals surface area contributed by atoms with Gasteiger partial charge < -0.3 is 4.74 Å². The fourth-order valence-electron chi connectivity index (χ4n) is 3.68. The molecule has 0 saturated carbocycles. The van der Waals surface area contributed by atoms with Crippen LogP contribution in [-0.2, 0) is 11.3 Å². The van der Waals surface area contributed by atoms with E-state index in [0.717, 1.165) is 11.3 Å². The normalized spacial score (nSPS) is 15.3. The van der Waals surface area contributed by atoms with Crippen LogP contribution >= 0.6 is 11.6 Å². The van der Waals surface area contributed by atoms with E-state index in [1.165, 1.54) is 4.80 Å². The van der Waals surface area contributed by atoms with Gasteiger partial charge in [-0.3, -0.25) is 9.69 Å². The number of ether oxygens (including phenoxy) is 1. The number of rotatable bonds is 4. The maximum absolute atomic E-state index is 13.4. The van der Waals surface area contributed by atoms with Gasteiger partial charge in [-0.15, -0.1) is 10.2 Å². The third kappa shape index (κ3) is 3.75. The molecule has 31 heavy (non-hydrogen) atoms. The van der Waals surface area contributed by atoms with E-state index in [0.29, 0.717) is 28.8 Å². The van der Waals surface area contributed by atoms with Crippen molar-refractivity contribution in [3.63, 3.8) is 0 Å². The minimum atomic E-state index is -0.254. The second-order valence-electron chi connectivity index (χ2n) is 7.09. The number of fused-ring (bicyclic) bond motifs is 1. The van der Waals surface area contributed by atoms with Crippen LogP contribution in [0.1, 0.15) is 11.6 Å². The number of benzene rings is 3. The monoisotopic (exact) mass is 431 g/mol. The first-order valence-corrected chi connectivity index (χ1v) is 10.2. The van der Waals surface area contributed by atoms with Crippen LogP contribution in [0.4, 0.5) is 5.69 Å². The molecule has 0 spiro atoms. The Labute approximate surface area is 183 Å². The number of tetrazole rings is 1. The Morgan fingerprint density at radius 2 is 1.74 bits per heavy atom. The summed E-state index contributed by atoms with van der Waals surface area (Å²) in [7, 11) is 0. The summed E-state index contributed by atoms with van der Waals surface area (Å²) in [6.07, 6.45) is 0. The average molecular weight is 432 g/mol. The first kappa shape index (κ1) is 19.3. The summed E-state index contributed by atoms with van der Waals surface area (Å²) in [5.41, 5.74) is 2.38. The molecule has 5 rings (SSSR count). The summed E-state index contributed by atoms with van der Waals surface area (Å²) in [4.78, 5) is 16.5. The van der Waals surface area contributed by atoms with Crippen LogP contribution in [-0.4, -0.2) is 32.7 Å². The molecule has 3 aromatic carbocycles. The Morgan fingerprint density at radius 1 is 1.00 bits per heavy atom. The minimum absolute atomic E-state index is 0.0604. The van der Waals surface area contributed by atoms with Gasteiger partial charge >= 0.3 is 0 Å². The van der Waals surface area contributed by atoms with Gasteiger partial charge in [0.1, 0.15) is 18.9 Å². The first-order chi connectivity index (χ1) is 15.2. The Hall–Kier alpha value is -3.71. The summed E-state index contributed by atoms with van der Waals surface area (Å²) >= 11 is 6.23. The third-order valence-electron chi connectivity index (χ3n) is 5.13. The Balaban J connectivity index is 1.46. The van der Waals surface area contributed by atoms with Gasteiger partial charge in [0.25, 0.3) is 5.91 Å². The molecule has 0 fully saturated rings. The molecule has 0 unspecified atom stereocenters. The van der Waals surface area contributed by atoms with Crippen molar-refractivity contribution in [2.24, 2.45) is 0 Å². The summed E-state index contributed by atoms with van der Waals surface area (Å²) in [6.45, 7) is 0.303. The summed E-state index contributed by atoms with van der Waals surface area (Å²) in [5, 5.41) is 13.0. The van der Waals surface area contributed by atoms with E-state index in [-0.39, 0.29) is 18.5 Å². The molecule has 0 radical (unpaired) electrons. The maximum atomic E-state index is 13.4. The van der Waals surface area contributed by atoms with Crippen molar-refractivity contribution in [1.82, 2.24) is 20.2 Å². The Bertz CT molecular complexity index is 1230. The van der Waals surface area contributed by atoms with E-state index in [1.54, 1.807) is 11.0 Å². The molecule has 0 aliphatic carbocycles. The van der Waals surface area contributed by atoms with Crippen molar-refractivity contribution in [2.75, 3.05) is 11.5 Å². The van der Waals surface area contributed by atoms with E-state index in [2.05, 4.69) is 15.4 Å². The number of carbonyl (C=O) groups is 1. The van der Waals surface area contributed by atoms with Gasteiger partial charge in [-0.25, -0.2) is 0 Å². The van der Waals surface area contributed by atoms with Gasteiger partial charge in [-0.05, 0) is 35.0 Å². The number of carbonyl (C=O) groups excluding carboxylic acids is 1. The highest BCUT2D eigenvalue weighted by atomic mass is 35.5. The first-order valence-electron chi connectivity index (χ1n) is 9.82. The number of anilines is 1. The molecule has 1 aliphatic rings. The van der Waals surface area contributed by atoms with E-state index in [1.807, 2.05) is 72.8 Å². The maximum Gasteiger partial charge on any atom is 0.251 e. The fraction of sp³-hybridized carbons (Fsp3) is 0.130. The van der Waals surface area contributed by atoms with Crippen molar-refractivity contribution in [1.29, 1.82) is 0 Å². The molecule has 2 heterocycles. The van der Waals surface area contributed by atoms with E-state index < -0.39 is 0 Å². The highest BCUT2D eigenvalue weighted by Crippen LogP contribution is 2.39. The lowest BCUT2D eigenvalue weighted by atomic mass is 10.0. The topological polar surface area (TPSA) is 73.1 Å². The molecule has 0 N–H and O–H groups in total. The summed E-state index contributed by atoms with van der Waals surface area (Å²) < 4.78 is 5.94. The average Bonchev–Trinajstić information content (AvgIpc) is 3.27. The second kappa shape index (κ2) is 8.20. The molecule has 1 aliphatic heterocycles. The third-order valence-corrected chi connectivity index (χ3v) is 5.46. The second-order valence-corrected chi connectivity index (χ2v) is 7.50. The largest absolute Gasteiger partial charge is 0.489 e. The number of halogens is 1. The van der Waals surface area contributed by atoms with Crippen LogP contribution in [0.25, 0.3) is 11.4 Å². The van der Waals surface area contributed by atoms with Crippen LogP contribution in [0.5, 0.6) is 5.75 Å². The van der Waals surface area contributed by atoms with Crippen molar-refractivity contribution in [3.8, 4) is 17.1 Å². The smallest absolute Gasteiger partial charge is 0.251 e. The zero-order chi connectivity index (χ0) is 21.2. The van der Waals surface area contributed by atoms with Crippen LogP contribution in [0.15, 0.2) is 78.9 Å². The van der Waals surface area contributed by atoms with Crippen molar-refractivity contribution in [2.45, 2.75) is 12.6 Å². The van der Waals surface area contributed by atoms with Gasteiger partial charge in [0.2, 0.25) is 5.82 Å². The number of aromatic nitrogens is 4. The van der Waals surface area contributed by atoms with Crippen molar-refractivity contribution in [3.05, 3.63) is 89.4 Å². The Kier molecular flexibility index (Phi) is 5.09. The molecule has 8 heteroatoms. The molecular formula is C23H18ClN5O2. The lowest BCUT2D eigenvalue weighted by Crippen LogP contribution is -2.43. The number of amides is 1. The summed E-state index contributed by atoms with van der Waals surface area (Å²) in [6, 6.07) is 24.4. The van der Waals surface area contributed by atoms with Crippen LogP contribution in [0, 0.1) is 0 Å². The number of hydrogen-bond donors (Lipinski definition) is 0. The molecular weight excluding hydrogens is 414 g/mol. The standard InChI is InChI=1S/C23H18ClN5O2/c24-18-11-5-4-10-17(18)23-25-27-28(26-23)14-22(30)29-19-12-6-7-13-21(19)31-15-20(29)16-8-2-1-3-9-16/h1-13,20H,14-15H2/t20-/m1/s1. The van der Waals surface area contributed by atoms with E-state index in [4.69, 9.17) is 16.3 Å². The van der Waals surface area contributed by atoms with Crippen LogP contribution < -0.4 is 9.64 Å². The number of nitrogens with zero attached hydrogens (tertiary/aromatic N) is 5. The summed E-state index contributed by atoms with van der Waals surface area (Å²) in [5.74, 6) is 0.888. The predicted molar refractivity (Wildman–Crippen MR) is 117 cm³/mol. The number of para-hydroxylation sites is 2. The van der Waals surface area contributed by atoms with Crippen molar-refractivity contribution < 1.29 is 9.53 Å². The van der Waals surface area contributed by atoms with Gasteiger partial charge in [0.15, 0.2) is 0 Å².